The van der Waals surface area contributed by atoms with E-state index in [1.807, 2.05) is 0 Å². The van der Waals surface area contributed by atoms with Crippen molar-refractivity contribution in [3.05, 3.63) is 71.8 Å². The zero-order valence-electron chi connectivity index (χ0n) is 16.9. The summed E-state index contributed by atoms with van der Waals surface area (Å²) in [6.45, 7) is 4.51. The number of rotatable bonds is 7. The van der Waals surface area contributed by atoms with Crippen LogP contribution in [0.2, 0.25) is 0 Å². The third kappa shape index (κ3) is 5.36. The minimum absolute atomic E-state index is 0.0147. The van der Waals surface area contributed by atoms with Crippen molar-refractivity contribution in [1.29, 1.82) is 0 Å². The summed E-state index contributed by atoms with van der Waals surface area (Å²) in [5.74, 6) is 7.04. The van der Waals surface area contributed by atoms with Gasteiger partial charge in [-0.25, -0.2) is 0 Å². The van der Waals surface area contributed by atoms with E-state index in [2.05, 4.69) is 86.4 Å². The molecule has 1 atom stereocenters. The molecule has 3 rings (SSSR count). The quantitative estimate of drug-likeness (QED) is 0.353. The van der Waals surface area contributed by atoms with Gasteiger partial charge in [0.15, 0.2) is 0 Å². The molecule has 1 aliphatic carbocycles. The van der Waals surface area contributed by atoms with Gasteiger partial charge in [0.25, 0.3) is 0 Å². The van der Waals surface area contributed by atoms with Crippen LogP contribution in [0.3, 0.4) is 0 Å². The number of unbranched alkanes of at least 4 members (excludes halogenated alkanes) is 3. The fourth-order valence-corrected chi connectivity index (χ4v) is 3.93. The smallest absolute Gasteiger partial charge is 0.0534 e. The van der Waals surface area contributed by atoms with E-state index in [1.165, 1.54) is 48.4 Å². The molecule has 0 saturated carbocycles. The summed E-state index contributed by atoms with van der Waals surface area (Å²) in [5.41, 5.74) is 2.59. The maximum atomic E-state index is 3.58. The lowest BCUT2D eigenvalue weighted by Gasteiger charge is -2.24. The topological polar surface area (TPSA) is 0 Å². The molecule has 0 saturated heterocycles. The van der Waals surface area contributed by atoms with E-state index < -0.39 is 0 Å². The second kappa shape index (κ2) is 9.61. The summed E-state index contributed by atoms with van der Waals surface area (Å²) < 4.78 is 0. The number of benzene rings is 2. The van der Waals surface area contributed by atoms with Gasteiger partial charge in [0.2, 0.25) is 0 Å². The maximum Gasteiger partial charge on any atom is 0.0534 e. The van der Waals surface area contributed by atoms with Gasteiger partial charge in [-0.15, -0.1) is 0 Å². The third-order valence-electron chi connectivity index (χ3n) is 5.52. The highest BCUT2D eigenvalue weighted by Gasteiger charge is 2.23. The first-order valence-corrected chi connectivity index (χ1v) is 10.6. The fraction of sp³-hybridized carbons (Fsp3) is 0.407. The monoisotopic (exact) mass is 356 g/mol. The van der Waals surface area contributed by atoms with E-state index in [9.17, 15) is 0 Å². The Balaban J connectivity index is 1.75. The Labute approximate surface area is 165 Å². The van der Waals surface area contributed by atoms with Crippen LogP contribution in [0.1, 0.15) is 69.9 Å². The minimum atomic E-state index is 0.0147. The van der Waals surface area contributed by atoms with Crippen LogP contribution in [0.4, 0.5) is 0 Å². The van der Waals surface area contributed by atoms with Gasteiger partial charge in [-0.1, -0.05) is 99.9 Å². The Morgan fingerprint density at radius 2 is 1.74 bits per heavy atom. The Kier molecular flexibility index (Phi) is 6.94. The molecule has 2 aromatic rings. The Morgan fingerprint density at radius 3 is 2.52 bits per heavy atom. The summed E-state index contributed by atoms with van der Waals surface area (Å²) in [7, 11) is 0. The molecule has 0 amide bonds. The van der Waals surface area contributed by atoms with Crippen LogP contribution < -0.4 is 0 Å². The van der Waals surface area contributed by atoms with Crippen molar-refractivity contribution < 1.29 is 0 Å². The summed E-state index contributed by atoms with van der Waals surface area (Å²) >= 11 is 0. The number of allylic oxidation sites excluding steroid dienone is 4. The standard InChI is InChI=1S/C27H32/c1-3-5-6-8-11-23-12-14-26-22-24(13-15-25(26)21-23)16-20-27(17-4-2)18-9-7-10-19-27/h7,9-10,12-15,18,21-22H,3-6,8,11,17,19H2,1-2H3. The first kappa shape index (κ1) is 19.5. The molecule has 1 unspecified atom stereocenters. The number of fused-ring (bicyclic) bond motifs is 1. The van der Waals surface area contributed by atoms with Crippen LogP contribution in [0, 0.1) is 17.3 Å². The van der Waals surface area contributed by atoms with Crippen molar-refractivity contribution in [1.82, 2.24) is 0 Å². The molecular formula is C27H32. The van der Waals surface area contributed by atoms with Gasteiger partial charge in [-0.2, -0.15) is 0 Å². The molecule has 0 heteroatoms. The first-order chi connectivity index (χ1) is 13.2. The summed E-state index contributed by atoms with van der Waals surface area (Å²) in [6, 6.07) is 13.6. The van der Waals surface area contributed by atoms with Crippen LogP contribution in [0.15, 0.2) is 60.7 Å². The van der Waals surface area contributed by atoms with Gasteiger partial charge in [-0.3, -0.25) is 0 Å². The van der Waals surface area contributed by atoms with E-state index in [4.69, 9.17) is 0 Å². The van der Waals surface area contributed by atoms with Crippen molar-refractivity contribution in [2.75, 3.05) is 0 Å². The van der Waals surface area contributed by atoms with Crippen LogP contribution in [0.25, 0.3) is 10.8 Å². The third-order valence-corrected chi connectivity index (χ3v) is 5.52. The van der Waals surface area contributed by atoms with Gasteiger partial charge < -0.3 is 0 Å². The van der Waals surface area contributed by atoms with Gasteiger partial charge in [0.1, 0.15) is 0 Å². The molecule has 0 aromatic heterocycles. The molecule has 1 aliphatic rings. The molecule has 0 bridgehead atoms. The molecule has 0 N–H and O–H groups in total. The van der Waals surface area contributed by atoms with E-state index >= 15 is 0 Å². The van der Waals surface area contributed by atoms with Gasteiger partial charge in [0, 0.05) is 5.56 Å². The second-order valence-electron chi connectivity index (χ2n) is 7.85. The average molecular weight is 357 g/mol. The fourth-order valence-electron chi connectivity index (χ4n) is 3.93. The van der Waals surface area contributed by atoms with Crippen molar-refractivity contribution in [2.45, 2.75) is 65.2 Å². The van der Waals surface area contributed by atoms with Crippen LogP contribution in [-0.4, -0.2) is 0 Å². The van der Waals surface area contributed by atoms with E-state index in [0.717, 1.165) is 24.8 Å². The van der Waals surface area contributed by atoms with Crippen molar-refractivity contribution in [2.24, 2.45) is 5.41 Å². The van der Waals surface area contributed by atoms with E-state index in [1.54, 1.807) is 0 Å². The van der Waals surface area contributed by atoms with Crippen LogP contribution in [0.5, 0.6) is 0 Å². The number of aryl methyl sites for hydroxylation is 1. The Morgan fingerprint density at radius 1 is 0.889 bits per heavy atom. The van der Waals surface area contributed by atoms with Crippen molar-refractivity contribution in [3.8, 4) is 11.8 Å². The summed E-state index contributed by atoms with van der Waals surface area (Å²) in [6.07, 6.45) is 18.6. The molecular weight excluding hydrogens is 324 g/mol. The van der Waals surface area contributed by atoms with Gasteiger partial charge in [0.05, 0.1) is 5.41 Å². The van der Waals surface area contributed by atoms with Crippen molar-refractivity contribution in [3.63, 3.8) is 0 Å². The Hall–Kier alpha value is -2.26. The molecule has 0 heterocycles. The lowest BCUT2D eigenvalue weighted by atomic mass is 9.78. The SMILES string of the molecule is CCCCCCc1ccc2cc(C#CC3(CCC)C=CC=CC3)ccc2c1. The maximum absolute atomic E-state index is 3.58. The van der Waals surface area contributed by atoms with Gasteiger partial charge in [-0.05, 0) is 54.2 Å². The second-order valence-corrected chi connectivity index (χ2v) is 7.85. The highest BCUT2D eigenvalue weighted by molar-refractivity contribution is 5.84. The molecule has 0 spiro atoms. The molecule has 0 nitrogen and oxygen atoms in total. The van der Waals surface area contributed by atoms with Crippen molar-refractivity contribution >= 4 is 10.8 Å². The predicted octanol–water partition coefficient (Wildman–Crippen LogP) is 7.62. The molecule has 0 aliphatic heterocycles. The molecule has 140 valence electrons. The van der Waals surface area contributed by atoms with Crippen LogP contribution in [-0.2, 0) is 6.42 Å². The van der Waals surface area contributed by atoms with E-state index in [0.29, 0.717) is 0 Å². The molecule has 0 radical (unpaired) electrons. The molecule has 0 fully saturated rings. The highest BCUT2D eigenvalue weighted by atomic mass is 14.2. The number of hydrogen-bond acceptors (Lipinski definition) is 0. The minimum Gasteiger partial charge on any atom is -0.0866 e. The van der Waals surface area contributed by atoms with Gasteiger partial charge >= 0.3 is 0 Å². The largest absolute Gasteiger partial charge is 0.0866 e. The summed E-state index contributed by atoms with van der Waals surface area (Å²) in [5, 5.41) is 2.63. The number of hydrogen-bond donors (Lipinski definition) is 0. The lowest BCUT2D eigenvalue weighted by Crippen LogP contribution is -2.15. The summed E-state index contributed by atoms with van der Waals surface area (Å²) in [4.78, 5) is 0. The highest BCUT2D eigenvalue weighted by Crippen LogP contribution is 2.32. The lowest BCUT2D eigenvalue weighted by molar-refractivity contribution is 0.465. The predicted molar refractivity (Wildman–Crippen MR) is 119 cm³/mol. The zero-order valence-corrected chi connectivity index (χ0v) is 16.9. The van der Waals surface area contributed by atoms with E-state index in [-0.39, 0.29) is 5.41 Å². The first-order valence-electron chi connectivity index (χ1n) is 10.6. The average Bonchev–Trinajstić information content (AvgIpc) is 2.70. The Bertz CT molecular complexity index is 872. The van der Waals surface area contributed by atoms with Crippen LogP contribution >= 0.6 is 0 Å². The normalized spacial score (nSPS) is 18.4. The molecule has 27 heavy (non-hydrogen) atoms. The molecule has 2 aromatic carbocycles. The zero-order chi connectivity index (χ0) is 19.0.